The van der Waals surface area contributed by atoms with Crippen molar-refractivity contribution in [2.75, 3.05) is 13.1 Å². The summed E-state index contributed by atoms with van der Waals surface area (Å²) in [6.45, 7) is 3.78. The molecule has 0 aliphatic carbocycles. The van der Waals surface area contributed by atoms with E-state index in [0.717, 1.165) is 30.6 Å². The van der Waals surface area contributed by atoms with Crippen LogP contribution in [-0.4, -0.2) is 24.1 Å². The van der Waals surface area contributed by atoms with Crippen LogP contribution >= 0.6 is 0 Å². The highest BCUT2D eigenvalue weighted by Crippen LogP contribution is 2.14. The van der Waals surface area contributed by atoms with Crippen LogP contribution in [0, 0.1) is 0 Å². The molecule has 4 nitrogen and oxygen atoms in total. The Kier molecular flexibility index (Phi) is 3.54. The van der Waals surface area contributed by atoms with E-state index in [1.807, 2.05) is 13.0 Å². The van der Waals surface area contributed by atoms with E-state index >= 15 is 0 Å². The molecule has 1 atom stereocenters. The highest BCUT2D eigenvalue weighted by molar-refractivity contribution is 5.72. The van der Waals surface area contributed by atoms with Crippen LogP contribution < -0.4 is 11.1 Å². The lowest BCUT2D eigenvalue weighted by molar-refractivity contribution is 0.601. The maximum atomic E-state index is 5.65. The Hall–Kier alpha value is -1.39. The van der Waals surface area contributed by atoms with Crippen molar-refractivity contribution in [3.63, 3.8) is 0 Å². The summed E-state index contributed by atoms with van der Waals surface area (Å²) in [5.41, 5.74) is 8.67. The monoisotopic (exact) mass is 223 g/mol. The molecule has 1 heterocycles. The number of nitrogens with two attached hydrogens (primary N) is 1. The summed E-state index contributed by atoms with van der Waals surface area (Å²) < 4.78 is 5.19. The third kappa shape index (κ3) is 2.81. The van der Waals surface area contributed by atoms with Crippen molar-refractivity contribution in [2.45, 2.75) is 19.4 Å². The number of hydrogen-bond donors (Lipinski definition) is 2. The summed E-state index contributed by atoms with van der Waals surface area (Å²) >= 11 is 0. The number of oxazole rings is 1. The molecule has 3 N–H and O–H groups in total. The first-order valence-electron chi connectivity index (χ1n) is 5.54. The molecule has 0 radical (unpaired) electrons. The van der Waals surface area contributed by atoms with E-state index in [2.05, 4.69) is 22.4 Å². The molecule has 2 rings (SSSR count). The number of benzene rings is 1. The van der Waals surface area contributed by atoms with Crippen molar-refractivity contribution >= 4 is 11.1 Å². The second kappa shape index (κ2) is 5.09. The second-order valence-electron chi connectivity index (χ2n) is 4.09. The van der Waals surface area contributed by atoms with Crippen LogP contribution in [0.1, 0.15) is 15.3 Å². The summed E-state index contributed by atoms with van der Waals surface area (Å²) in [5.74, 6) is 0. The SMILES string of the molecule is CC(N)CNCCc1ccc2ocnc2c1.[HH].[HH]. The maximum Gasteiger partial charge on any atom is 0.181 e. The lowest BCUT2D eigenvalue weighted by Crippen LogP contribution is -2.32. The van der Waals surface area contributed by atoms with E-state index in [0.29, 0.717) is 0 Å². The fourth-order valence-corrected chi connectivity index (χ4v) is 1.62. The quantitative estimate of drug-likeness (QED) is 0.759. The lowest BCUT2D eigenvalue weighted by atomic mass is 10.1. The third-order valence-corrected chi connectivity index (χ3v) is 2.45. The summed E-state index contributed by atoms with van der Waals surface area (Å²) in [6.07, 6.45) is 2.46. The van der Waals surface area contributed by atoms with Gasteiger partial charge in [0.15, 0.2) is 12.0 Å². The molecule has 0 saturated heterocycles. The van der Waals surface area contributed by atoms with Gasteiger partial charge in [0.25, 0.3) is 0 Å². The normalized spacial score (nSPS) is 13.1. The maximum absolute atomic E-state index is 5.65. The molecule has 0 saturated carbocycles. The van der Waals surface area contributed by atoms with Crippen LogP contribution in [0.15, 0.2) is 29.0 Å². The lowest BCUT2D eigenvalue weighted by Gasteiger charge is -2.07. The summed E-state index contributed by atoms with van der Waals surface area (Å²) in [6, 6.07) is 6.30. The molecule has 1 unspecified atom stereocenters. The molecule has 2 aromatic rings. The Morgan fingerprint density at radius 1 is 1.56 bits per heavy atom. The number of fused-ring (bicyclic) bond motifs is 1. The van der Waals surface area contributed by atoms with Gasteiger partial charge in [-0.1, -0.05) is 6.07 Å². The van der Waals surface area contributed by atoms with E-state index in [-0.39, 0.29) is 8.90 Å². The summed E-state index contributed by atoms with van der Waals surface area (Å²) in [5, 5.41) is 3.31. The summed E-state index contributed by atoms with van der Waals surface area (Å²) in [7, 11) is 0. The average molecular weight is 223 g/mol. The molecular formula is C12H21N3O. The number of aromatic nitrogens is 1. The highest BCUT2D eigenvalue weighted by atomic mass is 16.3. The van der Waals surface area contributed by atoms with Gasteiger partial charge in [-0.3, -0.25) is 0 Å². The molecule has 1 aromatic heterocycles. The molecule has 16 heavy (non-hydrogen) atoms. The van der Waals surface area contributed by atoms with Gasteiger partial charge in [-0.25, -0.2) is 4.98 Å². The Bertz CT molecular complexity index is 459. The predicted octanol–water partition coefficient (Wildman–Crippen LogP) is 1.80. The van der Waals surface area contributed by atoms with E-state index in [1.54, 1.807) is 0 Å². The van der Waals surface area contributed by atoms with Crippen LogP contribution in [0.2, 0.25) is 0 Å². The van der Waals surface area contributed by atoms with Gasteiger partial charge in [-0.05, 0) is 37.6 Å². The molecule has 0 aliphatic rings. The van der Waals surface area contributed by atoms with Crippen molar-refractivity contribution in [3.05, 3.63) is 30.2 Å². The topological polar surface area (TPSA) is 64.1 Å². The van der Waals surface area contributed by atoms with E-state index in [9.17, 15) is 0 Å². The van der Waals surface area contributed by atoms with Crippen LogP contribution in [0.3, 0.4) is 0 Å². The van der Waals surface area contributed by atoms with Crippen molar-refractivity contribution in [1.82, 2.24) is 10.3 Å². The smallest absolute Gasteiger partial charge is 0.181 e. The zero-order chi connectivity index (χ0) is 11.4. The molecule has 4 heteroatoms. The van der Waals surface area contributed by atoms with Crippen LogP contribution in [-0.2, 0) is 6.42 Å². The van der Waals surface area contributed by atoms with Gasteiger partial charge in [0, 0.05) is 15.4 Å². The molecule has 1 aromatic carbocycles. The largest absolute Gasteiger partial charge is 0.443 e. The van der Waals surface area contributed by atoms with Gasteiger partial charge in [0.1, 0.15) is 5.52 Å². The Labute approximate surface area is 97.8 Å². The first-order valence-corrected chi connectivity index (χ1v) is 5.54. The zero-order valence-electron chi connectivity index (χ0n) is 9.44. The van der Waals surface area contributed by atoms with Gasteiger partial charge in [-0.2, -0.15) is 0 Å². The van der Waals surface area contributed by atoms with Gasteiger partial charge in [-0.15, -0.1) is 0 Å². The molecule has 0 amide bonds. The first kappa shape index (κ1) is 11.1. The molecule has 0 fully saturated rings. The third-order valence-electron chi connectivity index (χ3n) is 2.45. The second-order valence-corrected chi connectivity index (χ2v) is 4.09. The van der Waals surface area contributed by atoms with Gasteiger partial charge >= 0.3 is 0 Å². The summed E-state index contributed by atoms with van der Waals surface area (Å²) in [4.78, 5) is 4.13. The molecule has 0 spiro atoms. The van der Waals surface area contributed by atoms with Gasteiger partial charge < -0.3 is 15.5 Å². The predicted molar refractivity (Wildman–Crippen MR) is 68.5 cm³/mol. The van der Waals surface area contributed by atoms with Crippen LogP contribution in [0.25, 0.3) is 11.1 Å². The minimum atomic E-state index is 0. The van der Waals surface area contributed by atoms with Crippen molar-refractivity contribution in [2.24, 2.45) is 5.73 Å². The molecule has 90 valence electrons. The van der Waals surface area contributed by atoms with Gasteiger partial charge in [0.05, 0.1) is 0 Å². The fourth-order valence-electron chi connectivity index (χ4n) is 1.62. The van der Waals surface area contributed by atoms with Crippen molar-refractivity contribution in [1.29, 1.82) is 0 Å². The minimum Gasteiger partial charge on any atom is -0.443 e. The van der Waals surface area contributed by atoms with Gasteiger partial charge in [0.2, 0.25) is 0 Å². The Balaban J connectivity index is 0.00000144. The fraction of sp³-hybridized carbons (Fsp3) is 0.417. The van der Waals surface area contributed by atoms with E-state index < -0.39 is 0 Å². The first-order chi connectivity index (χ1) is 7.75. The molecule has 0 aliphatic heterocycles. The number of nitrogens with one attached hydrogen (secondary N) is 1. The zero-order valence-corrected chi connectivity index (χ0v) is 9.44. The minimum absolute atomic E-state index is 0. The van der Waals surface area contributed by atoms with Crippen molar-refractivity contribution < 1.29 is 7.27 Å². The molecule has 0 bridgehead atoms. The molecular weight excluding hydrogens is 202 g/mol. The van der Waals surface area contributed by atoms with E-state index in [4.69, 9.17) is 10.2 Å². The average Bonchev–Trinajstić information content (AvgIpc) is 2.71. The van der Waals surface area contributed by atoms with Crippen LogP contribution in [0.4, 0.5) is 0 Å². The highest BCUT2D eigenvalue weighted by Gasteiger charge is 2.00. The van der Waals surface area contributed by atoms with Crippen molar-refractivity contribution in [3.8, 4) is 0 Å². The standard InChI is InChI=1S/C12H17N3O.2H2/c1-9(13)7-14-5-4-10-2-3-12-11(6-10)15-8-16-12;;/h2-3,6,8-9,14H,4-5,7,13H2,1H3;2*1H. The Morgan fingerprint density at radius 2 is 2.44 bits per heavy atom. The number of rotatable bonds is 5. The number of nitrogens with zero attached hydrogens (tertiary/aromatic N) is 1. The van der Waals surface area contributed by atoms with Crippen LogP contribution in [0.5, 0.6) is 0 Å². The van der Waals surface area contributed by atoms with E-state index in [1.165, 1.54) is 12.0 Å². The Morgan fingerprint density at radius 3 is 3.25 bits per heavy atom. The number of hydrogen-bond acceptors (Lipinski definition) is 4.